The number of hydrogen-bond donors (Lipinski definition) is 1. The van der Waals surface area contributed by atoms with E-state index in [4.69, 9.17) is 10.00 Å². The normalized spacial score (nSPS) is 11.0. The van der Waals surface area contributed by atoms with Crippen molar-refractivity contribution in [2.24, 2.45) is 5.41 Å². The molecular weight excluding hydrogens is 226 g/mol. The van der Waals surface area contributed by atoms with Gasteiger partial charge < -0.3 is 10.1 Å². The van der Waals surface area contributed by atoms with Crippen LogP contribution < -0.4 is 10.1 Å². The van der Waals surface area contributed by atoms with Crippen molar-refractivity contribution in [3.8, 4) is 11.9 Å². The van der Waals surface area contributed by atoms with Gasteiger partial charge in [-0.1, -0.05) is 6.07 Å². The van der Waals surface area contributed by atoms with Crippen LogP contribution >= 0.6 is 0 Å². The summed E-state index contributed by atoms with van der Waals surface area (Å²) in [5, 5.41) is 12.2. The minimum absolute atomic E-state index is 0.228. The Hall–Kier alpha value is -1.60. The smallest absolute Gasteiger partial charge is 0.217 e. The van der Waals surface area contributed by atoms with Crippen LogP contribution in [0.2, 0.25) is 0 Å². The second kappa shape index (κ2) is 6.97. The fraction of sp³-hybridized carbons (Fsp3) is 0.571. The number of hydrogen-bond acceptors (Lipinski definition) is 4. The first-order valence-electron chi connectivity index (χ1n) is 6.19. The Balaban J connectivity index is 2.28. The molecule has 0 aliphatic rings. The van der Waals surface area contributed by atoms with Gasteiger partial charge in [0.15, 0.2) is 0 Å². The molecule has 1 aromatic rings. The van der Waals surface area contributed by atoms with Crippen molar-refractivity contribution in [1.29, 1.82) is 5.26 Å². The van der Waals surface area contributed by atoms with Crippen molar-refractivity contribution in [3.63, 3.8) is 0 Å². The zero-order chi connectivity index (χ0) is 13.4. The van der Waals surface area contributed by atoms with Crippen LogP contribution in [0.5, 0.6) is 5.88 Å². The van der Waals surface area contributed by atoms with Gasteiger partial charge in [-0.05, 0) is 39.3 Å². The van der Waals surface area contributed by atoms with Crippen molar-refractivity contribution >= 4 is 0 Å². The zero-order valence-corrected chi connectivity index (χ0v) is 11.4. The van der Waals surface area contributed by atoms with Gasteiger partial charge in [-0.2, -0.15) is 5.26 Å². The molecule has 1 aromatic heterocycles. The Kier molecular flexibility index (Phi) is 5.60. The quantitative estimate of drug-likeness (QED) is 0.752. The van der Waals surface area contributed by atoms with Gasteiger partial charge in [0.25, 0.3) is 0 Å². The highest BCUT2D eigenvalue weighted by molar-refractivity contribution is 5.24. The summed E-state index contributed by atoms with van der Waals surface area (Å²) in [7, 11) is 1.63. The van der Waals surface area contributed by atoms with Gasteiger partial charge in [-0.15, -0.1) is 0 Å². The van der Waals surface area contributed by atoms with Gasteiger partial charge >= 0.3 is 0 Å². The highest BCUT2D eigenvalue weighted by atomic mass is 16.5. The molecule has 0 radical (unpaired) electrons. The second-order valence-electron chi connectivity index (χ2n) is 4.95. The average molecular weight is 247 g/mol. The number of nitrogens with zero attached hydrogens (tertiary/aromatic N) is 2. The van der Waals surface area contributed by atoms with Crippen molar-refractivity contribution in [2.75, 3.05) is 13.7 Å². The molecule has 0 bridgehead atoms. The molecule has 98 valence electrons. The Morgan fingerprint density at radius 1 is 1.50 bits per heavy atom. The summed E-state index contributed by atoms with van der Waals surface area (Å²) >= 11 is 0. The predicted octanol–water partition coefficient (Wildman–Crippen LogP) is 2.51. The minimum atomic E-state index is -0.228. The molecule has 0 fully saturated rings. The Morgan fingerprint density at radius 3 is 2.94 bits per heavy atom. The standard InChI is InChI=1S/C14H21N3O/c1-14(2,11-15)7-5-8-16-10-12-6-4-9-17-13(12)18-3/h4,6,9,16H,5,7-8,10H2,1-3H3. The number of rotatable bonds is 7. The molecular formula is C14H21N3O. The van der Waals surface area contributed by atoms with E-state index in [2.05, 4.69) is 16.4 Å². The van der Waals surface area contributed by atoms with Crippen LogP contribution in [0.4, 0.5) is 0 Å². The number of pyridine rings is 1. The van der Waals surface area contributed by atoms with Crippen LogP contribution in [0.15, 0.2) is 18.3 Å². The summed E-state index contributed by atoms with van der Waals surface area (Å²) in [6.07, 6.45) is 3.61. The maximum atomic E-state index is 8.90. The first kappa shape index (κ1) is 14.5. The molecule has 1 N–H and O–H groups in total. The lowest BCUT2D eigenvalue weighted by Gasteiger charge is -2.14. The van der Waals surface area contributed by atoms with E-state index in [0.29, 0.717) is 5.88 Å². The largest absolute Gasteiger partial charge is 0.481 e. The Bertz CT molecular complexity index is 410. The highest BCUT2D eigenvalue weighted by Crippen LogP contribution is 2.20. The molecule has 0 aliphatic carbocycles. The lowest BCUT2D eigenvalue weighted by atomic mass is 9.90. The van der Waals surface area contributed by atoms with Crippen molar-refractivity contribution < 1.29 is 4.74 Å². The van der Waals surface area contributed by atoms with Gasteiger partial charge in [-0.25, -0.2) is 4.98 Å². The molecule has 0 aromatic carbocycles. The summed E-state index contributed by atoms with van der Waals surface area (Å²) in [4.78, 5) is 4.14. The molecule has 0 saturated heterocycles. The fourth-order valence-corrected chi connectivity index (χ4v) is 1.68. The van der Waals surface area contributed by atoms with Crippen LogP contribution in [0.1, 0.15) is 32.3 Å². The third kappa shape index (κ3) is 4.72. The number of methoxy groups -OCH3 is 1. The zero-order valence-electron chi connectivity index (χ0n) is 11.4. The monoisotopic (exact) mass is 247 g/mol. The van der Waals surface area contributed by atoms with E-state index >= 15 is 0 Å². The number of nitriles is 1. The maximum Gasteiger partial charge on any atom is 0.217 e. The molecule has 1 rings (SSSR count). The van der Waals surface area contributed by atoms with Gasteiger partial charge in [0.05, 0.1) is 18.6 Å². The molecule has 0 saturated carbocycles. The minimum Gasteiger partial charge on any atom is -0.481 e. The molecule has 1 heterocycles. The fourth-order valence-electron chi connectivity index (χ4n) is 1.68. The third-order valence-electron chi connectivity index (χ3n) is 2.82. The first-order valence-corrected chi connectivity index (χ1v) is 6.19. The topological polar surface area (TPSA) is 57.9 Å². The van der Waals surface area contributed by atoms with E-state index in [9.17, 15) is 0 Å². The summed E-state index contributed by atoms with van der Waals surface area (Å²) in [5.41, 5.74) is 0.827. The van der Waals surface area contributed by atoms with Gasteiger partial charge in [-0.3, -0.25) is 0 Å². The Morgan fingerprint density at radius 2 is 2.28 bits per heavy atom. The summed E-state index contributed by atoms with van der Waals surface area (Å²) in [6.45, 7) is 5.57. The molecule has 0 amide bonds. The number of aromatic nitrogens is 1. The van der Waals surface area contributed by atoms with E-state index in [1.54, 1.807) is 13.3 Å². The molecule has 0 aliphatic heterocycles. The van der Waals surface area contributed by atoms with Gasteiger partial charge in [0.2, 0.25) is 5.88 Å². The van der Waals surface area contributed by atoms with E-state index in [1.807, 2.05) is 26.0 Å². The summed E-state index contributed by atoms with van der Waals surface area (Å²) in [5.74, 6) is 0.669. The lowest BCUT2D eigenvalue weighted by Crippen LogP contribution is -2.18. The van der Waals surface area contributed by atoms with Crippen molar-refractivity contribution in [2.45, 2.75) is 33.2 Å². The molecule has 4 nitrogen and oxygen atoms in total. The van der Waals surface area contributed by atoms with Crippen LogP contribution in [0.25, 0.3) is 0 Å². The highest BCUT2D eigenvalue weighted by Gasteiger charge is 2.15. The van der Waals surface area contributed by atoms with E-state index in [-0.39, 0.29) is 5.41 Å². The molecule has 18 heavy (non-hydrogen) atoms. The molecule has 0 unspecified atom stereocenters. The van der Waals surface area contributed by atoms with Crippen molar-refractivity contribution in [1.82, 2.24) is 10.3 Å². The number of ether oxygens (including phenoxy) is 1. The van der Waals surface area contributed by atoms with Gasteiger partial charge in [0, 0.05) is 18.3 Å². The van der Waals surface area contributed by atoms with Crippen LogP contribution in [0.3, 0.4) is 0 Å². The van der Waals surface area contributed by atoms with Gasteiger partial charge in [0.1, 0.15) is 0 Å². The van der Waals surface area contributed by atoms with Crippen molar-refractivity contribution in [3.05, 3.63) is 23.9 Å². The molecule has 4 heteroatoms. The first-order chi connectivity index (χ1) is 8.59. The van der Waals surface area contributed by atoms with E-state index in [1.165, 1.54) is 0 Å². The van der Waals surface area contributed by atoms with Crippen LogP contribution in [-0.4, -0.2) is 18.6 Å². The van der Waals surface area contributed by atoms with E-state index < -0.39 is 0 Å². The third-order valence-corrected chi connectivity index (χ3v) is 2.82. The average Bonchev–Trinajstić information content (AvgIpc) is 2.38. The second-order valence-corrected chi connectivity index (χ2v) is 4.95. The van der Waals surface area contributed by atoms with Crippen LogP contribution in [0, 0.1) is 16.7 Å². The lowest BCUT2D eigenvalue weighted by molar-refractivity contribution is 0.389. The predicted molar refractivity (Wildman–Crippen MR) is 71.1 cm³/mol. The maximum absolute atomic E-state index is 8.90. The Labute approximate surface area is 109 Å². The van der Waals surface area contributed by atoms with Crippen LogP contribution in [-0.2, 0) is 6.54 Å². The van der Waals surface area contributed by atoms with E-state index in [0.717, 1.165) is 31.5 Å². The summed E-state index contributed by atoms with van der Waals surface area (Å²) in [6, 6.07) is 6.21. The molecule has 0 spiro atoms. The SMILES string of the molecule is COc1ncccc1CNCCCC(C)(C)C#N. The summed E-state index contributed by atoms with van der Waals surface area (Å²) < 4.78 is 5.18. The number of nitrogens with one attached hydrogen (secondary N) is 1. The molecule has 0 atom stereocenters.